The van der Waals surface area contributed by atoms with E-state index in [1.807, 2.05) is 35.2 Å². The van der Waals surface area contributed by atoms with Gasteiger partial charge in [-0.3, -0.25) is 4.79 Å². The number of nitrogens with zero attached hydrogens (tertiary/aromatic N) is 1. The van der Waals surface area contributed by atoms with Crippen LogP contribution in [0.1, 0.15) is 0 Å². The molecule has 0 fully saturated rings. The lowest BCUT2D eigenvalue weighted by Gasteiger charge is -2.31. The smallest absolute Gasteiger partial charge is 0.244 e. The third-order valence-corrected chi connectivity index (χ3v) is 3.20. The number of amides is 1. The van der Waals surface area contributed by atoms with Crippen LogP contribution in [0.3, 0.4) is 0 Å². The SMILES string of the molecule is COc1cc2c(cc1F)NC(=O)CN2c1ccccc1. The summed E-state index contributed by atoms with van der Waals surface area (Å²) in [4.78, 5) is 13.6. The number of ether oxygens (including phenoxy) is 1. The first-order valence-corrected chi connectivity index (χ1v) is 6.19. The molecule has 2 aromatic rings. The van der Waals surface area contributed by atoms with Crippen molar-refractivity contribution in [2.75, 3.05) is 23.9 Å². The van der Waals surface area contributed by atoms with Crippen LogP contribution in [0.4, 0.5) is 21.5 Å². The Hall–Kier alpha value is -2.56. The molecule has 0 saturated carbocycles. The van der Waals surface area contributed by atoms with Gasteiger partial charge in [0.05, 0.1) is 18.5 Å². The quantitative estimate of drug-likeness (QED) is 0.914. The third kappa shape index (κ3) is 2.07. The van der Waals surface area contributed by atoms with E-state index in [0.29, 0.717) is 11.4 Å². The van der Waals surface area contributed by atoms with Crippen LogP contribution in [-0.2, 0) is 4.79 Å². The molecule has 2 aromatic carbocycles. The van der Waals surface area contributed by atoms with Gasteiger partial charge in [-0.1, -0.05) is 18.2 Å². The van der Waals surface area contributed by atoms with Gasteiger partial charge in [0, 0.05) is 17.8 Å². The van der Waals surface area contributed by atoms with E-state index >= 15 is 0 Å². The van der Waals surface area contributed by atoms with E-state index in [0.717, 1.165) is 5.69 Å². The van der Waals surface area contributed by atoms with Crippen LogP contribution >= 0.6 is 0 Å². The molecule has 1 heterocycles. The lowest BCUT2D eigenvalue weighted by Crippen LogP contribution is -2.35. The van der Waals surface area contributed by atoms with Crippen molar-refractivity contribution in [3.8, 4) is 5.75 Å². The second-order valence-corrected chi connectivity index (χ2v) is 4.47. The molecule has 1 amide bonds. The fourth-order valence-electron chi connectivity index (χ4n) is 2.28. The number of carbonyl (C=O) groups excluding carboxylic acids is 1. The lowest BCUT2D eigenvalue weighted by atomic mass is 10.1. The zero-order valence-electron chi connectivity index (χ0n) is 10.9. The highest BCUT2D eigenvalue weighted by atomic mass is 19.1. The lowest BCUT2D eigenvalue weighted by molar-refractivity contribution is -0.115. The normalized spacial score (nSPS) is 13.7. The van der Waals surface area contributed by atoms with E-state index in [4.69, 9.17) is 4.74 Å². The molecule has 0 spiro atoms. The number of anilines is 3. The Labute approximate surface area is 115 Å². The van der Waals surface area contributed by atoms with E-state index in [9.17, 15) is 9.18 Å². The van der Waals surface area contributed by atoms with Crippen molar-refractivity contribution in [1.82, 2.24) is 0 Å². The highest BCUT2D eigenvalue weighted by Crippen LogP contribution is 2.38. The highest BCUT2D eigenvalue weighted by Gasteiger charge is 2.25. The van der Waals surface area contributed by atoms with Crippen molar-refractivity contribution in [1.29, 1.82) is 0 Å². The van der Waals surface area contributed by atoms with E-state index in [1.54, 1.807) is 6.07 Å². The summed E-state index contributed by atoms with van der Waals surface area (Å²) in [7, 11) is 1.42. The average molecular weight is 272 g/mol. The largest absolute Gasteiger partial charge is 0.494 e. The summed E-state index contributed by atoms with van der Waals surface area (Å²) in [6, 6.07) is 12.4. The van der Waals surface area contributed by atoms with Gasteiger partial charge in [-0.2, -0.15) is 0 Å². The van der Waals surface area contributed by atoms with Crippen LogP contribution in [0.15, 0.2) is 42.5 Å². The fraction of sp³-hybridized carbons (Fsp3) is 0.133. The maximum atomic E-state index is 13.7. The van der Waals surface area contributed by atoms with Gasteiger partial charge in [-0.25, -0.2) is 4.39 Å². The first kappa shape index (κ1) is 12.5. The monoisotopic (exact) mass is 272 g/mol. The Morgan fingerprint density at radius 3 is 2.70 bits per heavy atom. The molecule has 5 heteroatoms. The first-order chi connectivity index (χ1) is 9.69. The Kier molecular flexibility index (Phi) is 3.02. The van der Waals surface area contributed by atoms with Crippen LogP contribution in [-0.4, -0.2) is 19.6 Å². The minimum absolute atomic E-state index is 0.154. The molecule has 20 heavy (non-hydrogen) atoms. The molecular formula is C15H13FN2O2. The summed E-state index contributed by atoms with van der Waals surface area (Å²) in [6.45, 7) is 0.186. The zero-order valence-corrected chi connectivity index (χ0v) is 10.9. The molecule has 0 bridgehead atoms. The van der Waals surface area contributed by atoms with E-state index in [-0.39, 0.29) is 18.2 Å². The van der Waals surface area contributed by atoms with E-state index in [1.165, 1.54) is 13.2 Å². The number of halogens is 1. The maximum absolute atomic E-state index is 13.7. The number of benzene rings is 2. The van der Waals surface area contributed by atoms with Crippen LogP contribution in [0.25, 0.3) is 0 Å². The van der Waals surface area contributed by atoms with Crippen LogP contribution in [0.2, 0.25) is 0 Å². The van der Waals surface area contributed by atoms with E-state index in [2.05, 4.69) is 5.32 Å². The molecule has 4 nitrogen and oxygen atoms in total. The number of hydrogen-bond donors (Lipinski definition) is 1. The fourth-order valence-corrected chi connectivity index (χ4v) is 2.28. The molecule has 102 valence electrons. The van der Waals surface area contributed by atoms with Gasteiger partial charge in [-0.15, -0.1) is 0 Å². The van der Waals surface area contributed by atoms with Gasteiger partial charge in [0.2, 0.25) is 5.91 Å². The van der Waals surface area contributed by atoms with Crippen molar-refractivity contribution in [2.24, 2.45) is 0 Å². The molecule has 1 aliphatic heterocycles. The summed E-state index contributed by atoms with van der Waals surface area (Å²) in [5.41, 5.74) is 2.04. The second kappa shape index (κ2) is 4.85. The minimum Gasteiger partial charge on any atom is -0.494 e. The average Bonchev–Trinajstić information content (AvgIpc) is 2.46. The predicted molar refractivity (Wildman–Crippen MR) is 75.0 cm³/mol. The summed E-state index contributed by atoms with van der Waals surface area (Å²) < 4.78 is 18.7. The van der Waals surface area contributed by atoms with Gasteiger partial charge in [0.1, 0.15) is 6.54 Å². The molecular weight excluding hydrogens is 259 g/mol. The molecule has 3 rings (SSSR count). The second-order valence-electron chi connectivity index (χ2n) is 4.47. The third-order valence-electron chi connectivity index (χ3n) is 3.20. The van der Waals surface area contributed by atoms with Crippen molar-refractivity contribution in [3.63, 3.8) is 0 Å². The van der Waals surface area contributed by atoms with Gasteiger partial charge < -0.3 is 15.0 Å². The number of methoxy groups -OCH3 is 1. The Morgan fingerprint density at radius 1 is 1.25 bits per heavy atom. The number of nitrogens with one attached hydrogen (secondary N) is 1. The first-order valence-electron chi connectivity index (χ1n) is 6.19. The van der Waals surface area contributed by atoms with Gasteiger partial charge in [0.25, 0.3) is 0 Å². The van der Waals surface area contributed by atoms with Crippen LogP contribution < -0.4 is 15.0 Å². The summed E-state index contributed by atoms with van der Waals surface area (Å²) in [6.07, 6.45) is 0. The van der Waals surface area contributed by atoms with Crippen molar-refractivity contribution in [3.05, 3.63) is 48.3 Å². The Morgan fingerprint density at radius 2 is 2.00 bits per heavy atom. The molecule has 0 radical (unpaired) electrons. The number of fused-ring (bicyclic) bond motifs is 1. The van der Waals surface area contributed by atoms with Gasteiger partial charge in [0.15, 0.2) is 11.6 Å². The number of rotatable bonds is 2. The molecule has 0 unspecified atom stereocenters. The molecule has 1 N–H and O–H groups in total. The van der Waals surface area contributed by atoms with E-state index < -0.39 is 5.82 Å². The molecule has 0 aromatic heterocycles. The predicted octanol–water partition coefficient (Wildman–Crippen LogP) is 2.92. The molecule has 0 atom stereocenters. The minimum atomic E-state index is -0.499. The number of hydrogen-bond acceptors (Lipinski definition) is 3. The molecule has 0 aliphatic carbocycles. The van der Waals surface area contributed by atoms with Crippen molar-refractivity contribution >= 4 is 23.0 Å². The summed E-state index contributed by atoms with van der Waals surface area (Å²) in [5.74, 6) is -0.520. The topological polar surface area (TPSA) is 41.6 Å². The van der Waals surface area contributed by atoms with Crippen LogP contribution in [0, 0.1) is 5.82 Å². The van der Waals surface area contributed by atoms with Crippen molar-refractivity contribution in [2.45, 2.75) is 0 Å². The summed E-state index contributed by atoms with van der Waals surface area (Å²) >= 11 is 0. The van der Waals surface area contributed by atoms with Gasteiger partial charge in [-0.05, 0) is 12.1 Å². The summed E-state index contributed by atoms with van der Waals surface area (Å²) in [5, 5.41) is 2.68. The highest BCUT2D eigenvalue weighted by molar-refractivity contribution is 6.03. The Balaban J connectivity index is 2.13. The Bertz CT molecular complexity index is 658. The number of carbonyl (C=O) groups is 1. The number of para-hydroxylation sites is 1. The zero-order chi connectivity index (χ0) is 14.1. The standard InChI is InChI=1S/C15H13FN2O2/c1-20-14-8-13-12(7-11(14)16)17-15(19)9-18(13)10-5-3-2-4-6-10/h2-8H,9H2,1H3,(H,17,19). The maximum Gasteiger partial charge on any atom is 0.244 e. The van der Waals surface area contributed by atoms with Crippen LogP contribution in [0.5, 0.6) is 5.75 Å². The molecule has 1 aliphatic rings. The van der Waals surface area contributed by atoms with Crippen molar-refractivity contribution < 1.29 is 13.9 Å². The van der Waals surface area contributed by atoms with Gasteiger partial charge >= 0.3 is 0 Å². The molecule has 0 saturated heterocycles.